The van der Waals surface area contributed by atoms with Crippen LogP contribution >= 0.6 is 0 Å². The summed E-state index contributed by atoms with van der Waals surface area (Å²) < 4.78 is 0. The summed E-state index contributed by atoms with van der Waals surface area (Å²) in [5, 5.41) is 14.4. The first-order valence-electron chi connectivity index (χ1n) is 51.4. The van der Waals surface area contributed by atoms with Crippen molar-refractivity contribution in [2.24, 2.45) is 0 Å². The molecule has 0 radical (unpaired) electrons. The molecule has 15 aromatic rings. The fourth-order valence-electron chi connectivity index (χ4n) is 21.8. The average Bonchev–Trinajstić information content (AvgIpc) is 1.57. The molecule has 0 saturated carbocycles. The summed E-state index contributed by atoms with van der Waals surface area (Å²) in [6.07, 6.45) is 11.4. The molecule has 15 aromatic carbocycles. The lowest BCUT2D eigenvalue weighted by Crippen LogP contribution is -2.19. The lowest BCUT2D eigenvalue weighted by molar-refractivity contribution is 0.869. The highest BCUT2D eigenvalue weighted by molar-refractivity contribution is 6.12. The van der Waals surface area contributed by atoms with Crippen molar-refractivity contribution in [1.29, 1.82) is 0 Å². The van der Waals surface area contributed by atoms with Gasteiger partial charge in [-0.1, -0.05) is 412 Å². The summed E-state index contributed by atoms with van der Waals surface area (Å²) >= 11 is 0. The second kappa shape index (κ2) is 53.8. The van der Waals surface area contributed by atoms with E-state index < -0.39 is 0 Å². The Morgan fingerprint density at radius 3 is 0.978 bits per heavy atom. The Labute approximate surface area is 822 Å². The van der Waals surface area contributed by atoms with Gasteiger partial charge in [0.15, 0.2) is 0 Å². The molecule has 0 bridgehead atoms. The smallest absolute Gasteiger partial charge is 0.0485 e. The highest BCUT2D eigenvalue weighted by atomic mass is 15.2. The van der Waals surface area contributed by atoms with Gasteiger partial charge < -0.3 is 24.5 Å². The van der Waals surface area contributed by atoms with Crippen LogP contribution in [-0.2, 0) is 64.2 Å². The van der Waals surface area contributed by atoms with Crippen LogP contribution in [0.1, 0.15) is 294 Å². The van der Waals surface area contributed by atoms with E-state index in [1.54, 1.807) is 27.8 Å². The molecule has 0 fully saturated rings. The van der Waals surface area contributed by atoms with Crippen molar-refractivity contribution in [2.45, 2.75) is 274 Å². The molecule has 5 aliphatic heterocycles. The summed E-state index contributed by atoms with van der Waals surface area (Å²) in [5.74, 6) is 0. The van der Waals surface area contributed by atoms with Gasteiger partial charge in [0.1, 0.15) is 0 Å². The molecule has 5 heteroatoms. The standard InChI is InChI=1S/5C21H19N.10C2H6.5CH4/c1-2-22-12-11-18-19-13-14-7-3-4-8-15(14)20(19)16-9-5-6-10-17(16)21(18)22;1-2-22-12-11-18-20-15-8-4-3-7-14(15)13-19(20)16-9-5-6-10-17(16)21(18)22;1-2-22-12-11-14-7-9-18-19(21(14)22)10-8-16-13-15-5-3-4-6-17(15)20(16)18;1-2-22-10-9-14-7-8-16-12-17-11-15-5-3-4-6-18(15)19(17)13-20(16)21(14)22;1-2-22-12-11-14-7-8-18-19(21(14)22)10-9-17-16-6-4-3-5-15(16)13-20(17)18;10*1-2;;;;;/h3*3-10H,2,11-13H2,1H3;3-8,12-13H,2,9-11H2,1H3;3-10H,2,11-13H2,1H3;10*1-2H3;5*1H4. The van der Waals surface area contributed by atoms with Crippen molar-refractivity contribution in [3.05, 3.63) is 326 Å². The summed E-state index contributed by atoms with van der Waals surface area (Å²) in [5.41, 5.74) is 44.8. The molecule has 5 nitrogen and oxygen atoms in total. The number of nitrogens with zero attached hydrogens (tertiary/aromatic N) is 5. The van der Waals surface area contributed by atoms with E-state index in [2.05, 4.69) is 302 Å². The Hall–Kier alpha value is -11.4. The zero-order chi connectivity index (χ0) is 93.4. The topological polar surface area (TPSA) is 16.2 Å². The van der Waals surface area contributed by atoms with Gasteiger partial charge in [0.2, 0.25) is 0 Å². The first kappa shape index (κ1) is 112. The molecular formula is C130H175N5. The molecule has 0 atom stereocenters. The second-order valence-electron chi connectivity index (χ2n) is 32.1. The molecule has 25 rings (SSSR count). The van der Waals surface area contributed by atoms with Gasteiger partial charge in [-0.25, -0.2) is 0 Å². The molecule has 135 heavy (non-hydrogen) atoms. The third kappa shape index (κ3) is 21.3. The normalized spacial score (nSPS) is 12.7. The molecule has 720 valence electrons. The number of rotatable bonds is 5. The van der Waals surface area contributed by atoms with Gasteiger partial charge in [0.25, 0.3) is 0 Å². The van der Waals surface area contributed by atoms with Crippen LogP contribution in [0.15, 0.2) is 243 Å². The first-order valence-corrected chi connectivity index (χ1v) is 51.4. The highest BCUT2D eigenvalue weighted by Gasteiger charge is 2.35. The van der Waals surface area contributed by atoms with Crippen LogP contribution in [0, 0.1) is 0 Å². The Morgan fingerprint density at radius 2 is 0.474 bits per heavy atom. The van der Waals surface area contributed by atoms with E-state index in [4.69, 9.17) is 0 Å². The van der Waals surface area contributed by atoms with Crippen LogP contribution in [0.2, 0.25) is 0 Å². The highest BCUT2D eigenvalue weighted by Crippen LogP contribution is 2.54. The third-order valence-corrected chi connectivity index (χ3v) is 26.9. The Balaban J connectivity index is 0.000000245. The summed E-state index contributed by atoms with van der Waals surface area (Å²) in [6.45, 7) is 62.6. The van der Waals surface area contributed by atoms with Gasteiger partial charge in [-0.3, -0.25) is 0 Å². The van der Waals surface area contributed by atoms with Gasteiger partial charge in [0.05, 0.1) is 0 Å². The Bertz CT molecular complexity index is 6280. The van der Waals surface area contributed by atoms with Crippen molar-refractivity contribution in [1.82, 2.24) is 0 Å². The largest absolute Gasteiger partial charge is 0.371 e. The van der Waals surface area contributed by atoms with Crippen LogP contribution < -0.4 is 24.5 Å². The quantitative estimate of drug-likeness (QED) is 0.170. The first-order chi connectivity index (χ1) is 64.3. The molecule has 10 aliphatic rings. The maximum absolute atomic E-state index is 2.56. The predicted molar refractivity (Wildman–Crippen MR) is 616 cm³/mol. The predicted octanol–water partition coefficient (Wildman–Crippen LogP) is 37.4. The zero-order valence-electron chi connectivity index (χ0n) is 84.5. The van der Waals surface area contributed by atoms with Crippen molar-refractivity contribution in [3.8, 4) is 55.6 Å². The molecule has 0 unspecified atom stereocenters. The van der Waals surface area contributed by atoms with E-state index in [1.807, 2.05) is 138 Å². The fraction of sp³-hybridized carbons (Fsp3) is 0.385. The number of anilines is 5. The number of fused-ring (bicyclic) bond motifs is 36. The minimum atomic E-state index is 0. The van der Waals surface area contributed by atoms with Crippen LogP contribution in [0.25, 0.3) is 109 Å². The summed E-state index contributed by atoms with van der Waals surface area (Å²) in [7, 11) is 0. The lowest BCUT2D eigenvalue weighted by Gasteiger charge is -2.21. The zero-order valence-corrected chi connectivity index (χ0v) is 84.5. The van der Waals surface area contributed by atoms with Crippen LogP contribution in [0.5, 0.6) is 0 Å². The Morgan fingerprint density at radius 1 is 0.178 bits per heavy atom. The molecule has 5 heterocycles. The number of hydrogen-bond acceptors (Lipinski definition) is 5. The van der Waals surface area contributed by atoms with Crippen LogP contribution in [0.4, 0.5) is 28.4 Å². The Kier molecular flexibility index (Phi) is 44.8. The molecule has 0 saturated heterocycles. The number of likely N-dealkylation sites (N-methyl/N-ethyl adjacent to an activating group) is 5. The van der Waals surface area contributed by atoms with E-state index >= 15 is 0 Å². The number of benzene rings is 15. The molecule has 0 spiro atoms. The maximum atomic E-state index is 2.56. The monoisotopic (exact) mass is 1810 g/mol. The van der Waals surface area contributed by atoms with E-state index in [1.165, 1.54) is 252 Å². The van der Waals surface area contributed by atoms with Gasteiger partial charge in [-0.15, -0.1) is 0 Å². The molecule has 0 aromatic heterocycles. The van der Waals surface area contributed by atoms with E-state index in [0.717, 1.165) is 71.4 Å². The lowest BCUT2D eigenvalue weighted by atomic mass is 9.92. The SMILES string of the molecule is C.C.C.C.C.CC.CC.CC.CC.CC.CC.CC.CC.CC.CC.CCN1CCc2c3c(c4ccccc4c21)-c1ccccc1C3.CCN1CCc2c3c(c4ccccc4c21)Cc1ccccc1-3.CCN1CCc2ccc3c4c(ccc3c21)-c1ccccc1C4.CCN1CCc2ccc3c4c(ccc3c21)Cc1ccccc1-4.CCN1CCc2ccc3cc4c(cc3c21)-c1ccccc1C4. The van der Waals surface area contributed by atoms with Crippen molar-refractivity contribution in [3.63, 3.8) is 0 Å². The summed E-state index contributed by atoms with van der Waals surface area (Å²) in [4.78, 5) is 12.7. The fourth-order valence-corrected chi connectivity index (χ4v) is 21.8. The van der Waals surface area contributed by atoms with Gasteiger partial charge in [-0.2, -0.15) is 0 Å². The summed E-state index contributed by atoms with van der Waals surface area (Å²) in [6, 6.07) is 90.8. The average molecular weight is 1810 g/mol. The molecule has 5 aliphatic carbocycles. The van der Waals surface area contributed by atoms with Gasteiger partial charge >= 0.3 is 0 Å². The minimum absolute atomic E-state index is 0. The van der Waals surface area contributed by atoms with E-state index in [-0.39, 0.29) is 37.1 Å². The van der Waals surface area contributed by atoms with E-state index in [0.29, 0.717) is 0 Å². The minimum Gasteiger partial charge on any atom is -0.371 e. The molecular weight excluding hydrogens is 1630 g/mol. The van der Waals surface area contributed by atoms with Crippen LogP contribution in [-0.4, -0.2) is 65.4 Å². The number of hydrogen-bond donors (Lipinski definition) is 0. The van der Waals surface area contributed by atoms with Crippen molar-refractivity contribution < 1.29 is 0 Å². The van der Waals surface area contributed by atoms with Gasteiger partial charge in [0, 0.05) is 121 Å². The van der Waals surface area contributed by atoms with Crippen LogP contribution in [0.3, 0.4) is 0 Å². The van der Waals surface area contributed by atoms with Crippen molar-refractivity contribution in [2.75, 3.05) is 89.9 Å². The van der Waals surface area contributed by atoms with E-state index in [9.17, 15) is 0 Å². The molecule has 0 N–H and O–H groups in total. The van der Waals surface area contributed by atoms with Gasteiger partial charge in [-0.05, 0) is 271 Å². The second-order valence-corrected chi connectivity index (χ2v) is 32.1. The molecule has 0 amide bonds. The maximum Gasteiger partial charge on any atom is 0.0485 e. The van der Waals surface area contributed by atoms with Crippen molar-refractivity contribution >= 4 is 82.3 Å². The third-order valence-electron chi connectivity index (χ3n) is 26.9.